The monoisotopic (exact) mass is 315 g/mol. The van der Waals surface area contributed by atoms with Crippen LogP contribution in [0.1, 0.15) is 22.7 Å². The van der Waals surface area contributed by atoms with E-state index >= 15 is 0 Å². The molecule has 0 aromatic heterocycles. The van der Waals surface area contributed by atoms with Crippen LogP contribution in [0.25, 0.3) is 0 Å². The second-order valence-electron chi connectivity index (χ2n) is 4.72. The smallest absolute Gasteiger partial charge is 0.402 e. The molecular formula is C13H15F6NO. The van der Waals surface area contributed by atoms with Crippen LogP contribution in [-0.2, 0) is 0 Å². The van der Waals surface area contributed by atoms with Crippen LogP contribution >= 0.6 is 0 Å². The van der Waals surface area contributed by atoms with Gasteiger partial charge in [-0.05, 0) is 25.0 Å². The highest BCUT2D eigenvalue weighted by atomic mass is 19.4. The second kappa shape index (κ2) is 5.75. The lowest BCUT2D eigenvalue weighted by Gasteiger charge is -2.29. The molecule has 0 aliphatic heterocycles. The van der Waals surface area contributed by atoms with Crippen LogP contribution in [0.4, 0.5) is 26.3 Å². The summed E-state index contributed by atoms with van der Waals surface area (Å²) in [5, 5.41) is 0. The highest BCUT2D eigenvalue weighted by Gasteiger charge is 2.60. The number of aryl methyl sites for hydroxylation is 1. The number of halogens is 6. The summed E-state index contributed by atoms with van der Waals surface area (Å²) in [6.45, 7) is 3.21. The molecular weight excluding hydrogens is 300 g/mol. The molecule has 2 nitrogen and oxygen atoms in total. The van der Waals surface area contributed by atoms with E-state index in [4.69, 9.17) is 10.5 Å². The molecule has 120 valence electrons. The van der Waals surface area contributed by atoms with Gasteiger partial charge in [-0.2, -0.15) is 26.3 Å². The van der Waals surface area contributed by atoms with Crippen molar-refractivity contribution < 1.29 is 31.1 Å². The molecule has 1 atom stereocenters. The average molecular weight is 315 g/mol. The molecule has 0 fully saturated rings. The van der Waals surface area contributed by atoms with Crippen molar-refractivity contribution in [2.45, 2.75) is 32.2 Å². The number of benzene rings is 1. The highest BCUT2D eigenvalue weighted by Crippen LogP contribution is 2.47. The van der Waals surface area contributed by atoms with Crippen molar-refractivity contribution in [2.75, 3.05) is 7.11 Å². The fourth-order valence-electron chi connectivity index (χ4n) is 2.12. The molecule has 21 heavy (non-hydrogen) atoms. The fraction of sp³-hybridized carbons (Fsp3) is 0.538. The largest absolute Gasteiger partial charge is 0.496 e. The Morgan fingerprint density at radius 1 is 1.00 bits per heavy atom. The Morgan fingerprint density at radius 3 is 1.86 bits per heavy atom. The van der Waals surface area contributed by atoms with Gasteiger partial charge >= 0.3 is 12.4 Å². The predicted molar refractivity (Wildman–Crippen MR) is 65.0 cm³/mol. The zero-order valence-electron chi connectivity index (χ0n) is 11.6. The van der Waals surface area contributed by atoms with Gasteiger partial charge in [0.1, 0.15) is 5.75 Å². The van der Waals surface area contributed by atoms with Crippen molar-refractivity contribution in [1.29, 1.82) is 0 Å². The van der Waals surface area contributed by atoms with Gasteiger partial charge in [0.05, 0.1) is 13.2 Å². The number of hydrogen-bond donors (Lipinski definition) is 1. The van der Waals surface area contributed by atoms with Gasteiger partial charge in [-0.15, -0.1) is 0 Å². The SMILES string of the molecule is COc1c(C(N)C(C(F)(F)F)C(F)(F)F)ccc(C)c1C. The van der Waals surface area contributed by atoms with Gasteiger partial charge in [0, 0.05) is 5.56 Å². The van der Waals surface area contributed by atoms with Crippen LogP contribution in [0.15, 0.2) is 12.1 Å². The Balaban J connectivity index is 3.41. The first-order valence-electron chi connectivity index (χ1n) is 5.94. The van der Waals surface area contributed by atoms with E-state index in [0.717, 1.165) is 6.07 Å². The van der Waals surface area contributed by atoms with Gasteiger partial charge in [0.25, 0.3) is 0 Å². The Kier molecular flexibility index (Phi) is 4.82. The number of ether oxygens (including phenoxy) is 1. The molecule has 0 spiro atoms. The van der Waals surface area contributed by atoms with Crippen LogP contribution < -0.4 is 10.5 Å². The molecule has 1 rings (SSSR count). The zero-order chi connectivity index (χ0) is 16.6. The summed E-state index contributed by atoms with van der Waals surface area (Å²) in [4.78, 5) is 0. The summed E-state index contributed by atoms with van der Waals surface area (Å²) in [6, 6.07) is 0.256. The molecule has 8 heteroatoms. The lowest BCUT2D eigenvalue weighted by molar-refractivity contribution is -0.290. The second-order valence-corrected chi connectivity index (χ2v) is 4.72. The molecule has 1 aromatic carbocycles. The molecule has 1 aromatic rings. The highest BCUT2D eigenvalue weighted by molar-refractivity contribution is 5.47. The molecule has 0 amide bonds. The molecule has 0 aliphatic carbocycles. The van der Waals surface area contributed by atoms with Crippen LogP contribution in [0.3, 0.4) is 0 Å². The standard InChI is InChI=1S/C13H15F6NO/c1-6-4-5-8(10(21-3)7(6)2)9(20)11(12(14,15)16)13(17,18)19/h4-5,9,11H,20H2,1-3H3. The minimum Gasteiger partial charge on any atom is -0.496 e. The summed E-state index contributed by atoms with van der Waals surface area (Å²) in [5.41, 5.74) is 6.10. The van der Waals surface area contributed by atoms with Crippen LogP contribution in [-0.4, -0.2) is 19.5 Å². The first kappa shape index (κ1) is 17.6. The number of hydrogen-bond acceptors (Lipinski definition) is 2. The third-order valence-electron chi connectivity index (χ3n) is 3.33. The Bertz CT molecular complexity index is 495. The normalized spacial score (nSPS) is 14.4. The molecule has 0 saturated heterocycles. The number of alkyl halides is 6. The van der Waals surface area contributed by atoms with Crippen molar-refractivity contribution in [2.24, 2.45) is 11.7 Å². The van der Waals surface area contributed by atoms with Crippen molar-refractivity contribution in [3.8, 4) is 5.75 Å². The van der Waals surface area contributed by atoms with Gasteiger partial charge in [-0.25, -0.2) is 0 Å². The van der Waals surface area contributed by atoms with Crippen LogP contribution in [0.2, 0.25) is 0 Å². The molecule has 0 heterocycles. The van der Waals surface area contributed by atoms with E-state index in [1.807, 2.05) is 0 Å². The Hall–Kier alpha value is -1.44. The first-order valence-corrected chi connectivity index (χ1v) is 5.94. The Labute approximate surface area is 117 Å². The van der Waals surface area contributed by atoms with Crippen LogP contribution in [0.5, 0.6) is 5.75 Å². The van der Waals surface area contributed by atoms with Gasteiger partial charge < -0.3 is 10.5 Å². The third-order valence-corrected chi connectivity index (χ3v) is 3.33. The summed E-state index contributed by atoms with van der Waals surface area (Å²) in [7, 11) is 1.17. The molecule has 0 saturated carbocycles. The summed E-state index contributed by atoms with van der Waals surface area (Å²) in [5.74, 6) is -3.71. The first-order chi connectivity index (χ1) is 9.41. The maximum absolute atomic E-state index is 12.7. The minimum absolute atomic E-state index is 0.0546. The lowest BCUT2D eigenvalue weighted by Crippen LogP contribution is -2.44. The molecule has 0 radical (unpaired) electrons. The number of nitrogens with two attached hydrogens (primary N) is 1. The zero-order valence-corrected chi connectivity index (χ0v) is 11.6. The quantitative estimate of drug-likeness (QED) is 0.854. The summed E-state index contributed by atoms with van der Waals surface area (Å²) >= 11 is 0. The van der Waals surface area contributed by atoms with E-state index in [1.54, 1.807) is 13.8 Å². The van der Waals surface area contributed by atoms with E-state index in [-0.39, 0.29) is 11.3 Å². The van der Waals surface area contributed by atoms with E-state index < -0.39 is 24.3 Å². The van der Waals surface area contributed by atoms with Crippen molar-refractivity contribution in [3.63, 3.8) is 0 Å². The van der Waals surface area contributed by atoms with Gasteiger partial charge in [0.2, 0.25) is 0 Å². The van der Waals surface area contributed by atoms with Crippen LogP contribution in [0, 0.1) is 19.8 Å². The molecule has 0 bridgehead atoms. The van der Waals surface area contributed by atoms with Crippen molar-refractivity contribution in [1.82, 2.24) is 0 Å². The maximum atomic E-state index is 12.7. The number of methoxy groups -OCH3 is 1. The molecule has 2 N–H and O–H groups in total. The number of rotatable bonds is 3. The fourth-order valence-corrected chi connectivity index (χ4v) is 2.12. The van der Waals surface area contributed by atoms with Gasteiger partial charge in [-0.3, -0.25) is 0 Å². The van der Waals surface area contributed by atoms with Crippen molar-refractivity contribution >= 4 is 0 Å². The Morgan fingerprint density at radius 2 is 1.48 bits per heavy atom. The minimum atomic E-state index is -5.50. The van der Waals surface area contributed by atoms with Crippen molar-refractivity contribution in [3.05, 3.63) is 28.8 Å². The summed E-state index contributed by atoms with van der Waals surface area (Å²) < 4.78 is 81.3. The third kappa shape index (κ3) is 3.61. The lowest BCUT2D eigenvalue weighted by atomic mass is 9.89. The van der Waals surface area contributed by atoms with E-state index in [2.05, 4.69) is 0 Å². The molecule has 0 aliphatic rings. The average Bonchev–Trinajstić information content (AvgIpc) is 2.28. The van der Waals surface area contributed by atoms with Gasteiger partial charge in [0.15, 0.2) is 5.92 Å². The maximum Gasteiger partial charge on any atom is 0.402 e. The van der Waals surface area contributed by atoms with E-state index in [0.29, 0.717) is 11.1 Å². The van der Waals surface area contributed by atoms with E-state index in [1.165, 1.54) is 13.2 Å². The summed E-state index contributed by atoms with van der Waals surface area (Å²) in [6.07, 6.45) is -11.0. The topological polar surface area (TPSA) is 35.2 Å². The predicted octanol–water partition coefficient (Wildman–Crippen LogP) is 4.05. The van der Waals surface area contributed by atoms with Gasteiger partial charge in [-0.1, -0.05) is 12.1 Å². The molecule has 1 unspecified atom stereocenters. The van der Waals surface area contributed by atoms with E-state index in [9.17, 15) is 26.3 Å².